The quantitative estimate of drug-likeness (QED) is 0.895. The van der Waals surface area contributed by atoms with Gasteiger partial charge in [-0.15, -0.1) is 0 Å². The third-order valence-corrected chi connectivity index (χ3v) is 3.43. The Morgan fingerprint density at radius 1 is 1.37 bits per heavy atom. The van der Waals surface area contributed by atoms with Crippen molar-refractivity contribution in [1.82, 2.24) is 10.2 Å². The lowest BCUT2D eigenvalue weighted by molar-refractivity contribution is -0.137. The van der Waals surface area contributed by atoms with E-state index in [9.17, 15) is 13.2 Å². The van der Waals surface area contributed by atoms with Crippen LogP contribution in [0.5, 0.6) is 5.75 Å². The van der Waals surface area contributed by atoms with E-state index >= 15 is 0 Å². The second kappa shape index (κ2) is 5.38. The van der Waals surface area contributed by atoms with Gasteiger partial charge in [0, 0.05) is 25.2 Å². The number of rotatable bonds is 2. The van der Waals surface area contributed by atoms with E-state index in [2.05, 4.69) is 5.32 Å². The van der Waals surface area contributed by atoms with E-state index in [-0.39, 0.29) is 6.04 Å². The van der Waals surface area contributed by atoms with Crippen molar-refractivity contribution < 1.29 is 17.9 Å². The molecule has 1 aromatic carbocycles. The molecule has 6 heteroatoms. The fraction of sp³-hybridized carbons (Fsp3) is 0.538. The van der Waals surface area contributed by atoms with Crippen LogP contribution in [0, 0.1) is 0 Å². The zero-order chi connectivity index (χ0) is 14.0. The molecule has 1 saturated heterocycles. The number of nitrogens with one attached hydrogen (secondary N) is 1. The highest BCUT2D eigenvalue weighted by Gasteiger charge is 2.33. The molecule has 0 aromatic heterocycles. The summed E-state index contributed by atoms with van der Waals surface area (Å²) in [7, 11) is 3.38. The zero-order valence-corrected chi connectivity index (χ0v) is 10.9. The second-order valence-electron chi connectivity index (χ2n) is 4.66. The van der Waals surface area contributed by atoms with E-state index in [4.69, 9.17) is 4.74 Å². The number of ether oxygens (including phenoxy) is 1. The minimum atomic E-state index is -4.33. The molecule has 1 aromatic rings. The molecule has 1 atom stereocenters. The number of hydrogen-bond acceptors (Lipinski definition) is 3. The van der Waals surface area contributed by atoms with E-state index < -0.39 is 11.7 Å². The number of hydrogen-bond donors (Lipinski definition) is 1. The molecule has 19 heavy (non-hydrogen) atoms. The molecule has 106 valence electrons. The Bertz CT molecular complexity index is 448. The Hall–Kier alpha value is -1.27. The Morgan fingerprint density at radius 3 is 2.68 bits per heavy atom. The summed E-state index contributed by atoms with van der Waals surface area (Å²) in [5.41, 5.74) is -0.0608. The molecule has 1 aliphatic rings. The summed E-state index contributed by atoms with van der Waals surface area (Å²) in [5.74, 6) is 0.494. The summed E-state index contributed by atoms with van der Waals surface area (Å²) in [5, 5.41) is 3.19. The van der Waals surface area contributed by atoms with Crippen LogP contribution in [0.15, 0.2) is 18.2 Å². The number of alkyl halides is 3. The summed E-state index contributed by atoms with van der Waals surface area (Å²) < 4.78 is 43.6. The topological polar surface area (TPSA) is 24.5 Å². The van der Waals surface area contributed by atoms with Crippen LogP contribution >= 0.6 is 0 Å². The highest BCUT2D eigenvalue weighted by Crippen LogP contribution is 2.36. The van der Waals surface area contributed by atoms with E-state index in [1.54, 1.807) is 0 Å². The molecule has 0 bridgehead atoms. The lowest BCUT2D eigenvalue weighted by Crippen LogP contribution is -2.44. The SMILES string of the molecule is COc1ccc(C(F)(F)F)cc1C1CNCCN1C. The highest BCUT2D eigenvalue weighted by molar-refractivity contribution is 5.41. The minimum Gasteiger partial charge on any atom is -0.496 e. The minimum absolute atomic E-state index is 0.106. The van der Waals surface area contributed by atoms with Gasteiger partial charge < -0.3 is 10.1 Å². The van der Waals surface area contributed by atoms with Gasteiger partial charge in [0.2, 0.25) is 0 Å². The maximum atomic E-state index is 12.8. The highest BCUT2D eigenvalue weighted by atomic mass is 19.4. The van der Waals surface area contributed by atoms with Crippen LogP contribution in [-0.2, 0) is 6.18 Å². The Labute approximate surface area is 110 Å². The molecule has 1 heterocycles. The van der Waals surface area contributed by atoms with Crippen LogP contribution in [0.2, 0.25) is 0 Å². The molecule has 0 aliphatic carbocycles. The number of nitrogens with zero attached hydrogens (tertiary/aromatic N) is 1. The van der Waals surface area contributed by atoms with Crippen molar-refractivity contribution in [2.24, 2.45) is 0 Å². The predicted octanol–water partition coefficient (Wildman–Crippen LogP) is 2.29. The van der Waals surface area contributed by atoms with Crippen molar-refractivity contribution in [3.63, 3.8) is 0 Å². The second-order valence-corrected chi connectivity index (χ2v) is 4.66. The average molecular weight is 274 g/mol. The van der Waals surface area contributed by atoms with Crippen molar-refractivity contribution in [1.29, 1.82) is 0 Å². The first-order valence-corrected chi connectivity index (χ1v) is 6.09. The maximum absolute atomic E-state index is 12.8. The van der Waals surface area contributed by atoms with Crippen LogP contribution in [0.1, 0.15) is 17.2 Å². The van der Waals surface area contributed by atoms with Gasteiger partial charge in [0.1, 0.15) is 5.75 Å². The number of methoxy groups -OCH3 is 1. The Morgan fingerprint density at radius 2 is 2.11 bits per heavy atom. The molecule has 0 spiro atoms. The van der Waals surface area contributed by atoms with Crippen molar-refractivity contribution >= 4 is 0 Å². The first kappa shape index (κ1) is 14.1. The zero-order valence-electron chi connectivity index (χ0n) is 10.9. The largest absolute Gasteiger partial charge is 0.496 e. The van der Waals surface area contributed by atoms with Gasteiger partial charge in [0.15, 0.2) is 0 Å². The summed E-state index contributed by atoms with van der Waals surface area (Å²) in [4.78, 5) is 2.04. The monoisotopic (exact) mass is 274 g/mol. The van der Waals surface area contributed by atoms with Crippen molar-refractivity contribution in [2.75, 3.05) is 33.8 Å². The lowest BCUT2D eigenvalue weighted by Gasteiger charge is -2.34. The standard InChI is InChI=1S/C13H17F3N2O/c1-18-6-5-17-8-11(18)10-7-9(13(14,15)16)3-4-12(10)19-2/h3-4,7,11,17H,5-6,8H2,1-2H3. The molecule has 3 nitrogen and oxygen atoms in total. The van der Waals surface area contributed by atoms with Gasteiger partial charge in [-0.2, -0.15) is 13.2 Å². The molecular weight excluding hydrogens is 257 g/mol. The van der Waals surface area contributed by atoms with Gasteiger partial charge in [0.05, 0.1) is 18.7 Å². The number of likely N-dealkylation sites (N-methyl/N-ethyl adjacent to an activating group) is 1. The Kier molecular flexibility index (Phi) is 4.01. The van der Waals surface area contributed by atoms with Gasteiger partial charge >= 0.3 is 6.18 Å². The summed E-state index contributed by atoms with van der Waals surface area (Å²) in [6.45, 7) is 2.26. The molecular formula is C13H17F3N2O. The van der Waals surface area contributed by atoms with Crippen molar-refractivity contribution in [3.8, 4) is 5.75 Å². The van der Waals surface area contributed by atoms with Crippen LogP contribution in [0.4, 0.5) is 13.2 Å². The number of halogens is 3. The third kappa shape index (κ3) is 3.01. The maximum Gasteiger partial charge on any atom is 0.416 e. The van der Waals surface area contributed by atoms with Gasteiger partial charge in [-0.05, 0) is 25.2 Å². The predicted molar refractivity (Wildman–Crippen MR) is 66.2 cm³/mol. The molecule has 1 aliphatic heterocycles. The van der Waals surface area contributed by atoms with E-state index in [1.165, 1.54) is 19.2 Å². The smallest absolute Gasteiger partial charge is 0.416 e. The van der Waals surface area contributed by atoms with Crippen LogP contribution in [0.3, 0.4) is 0 Å². The summed E-state index contributed by atoms with van der Waals surface area (Å²) in [6.07, 6.45) is -4.33. The van der Waals surface area contributed by atoms with Crippen LogP contribution < -0.4 is 10.1 Å². The molecule has 1 fully saturated rings. The normalized spacial score (nSPS) is 21.4. The van der Waals surface area contributed by atoms with Crippen LogP contribution in [0.25, 0.3) is 0 Å². The van der Waals surface area contributed by atoms with Gasteiger partial charge in [-0.1, -0.05) is 0 Å². The third-order valence-electron chi connectivity index (χ3n) is 3.43. The number of benzene rings is 1. The summed E-state index contributed by atoms with van der Waals surface area (Å²) >= 11 is 0. The summed E-state index contributed by atoms with van der Waals surface area (Å²) in [6, 6.07) is 3.53. The van der Waals surface area contributed by atoms with E-state index in [1.807, 2.05) is 11.9 Å². The van der Waals surface area contributed by atoms with Crippen molar-refractivity contribution in [3.05, 3.63) is 29.3 Å². The van der Waals surface area contributed by atoms with Gasteiger partial charge in [0.25, 0.3) is 0 Å². The number of piperazine rings is 1. The molecule has 1 N–H and O–H groups in total. The van der Waals surface area contributed by atoms with E-state index in [0.717, 1.165) is 19.2 Å². The molecule has 0 amide bonds. The van der Waals surface area contributed by atoms with E-state index in [0.29, 0.717) is 17.9 Å². The molecule has 0 radical (unpaired) electrons. The average Bonchev–Trinajstić information content (AvgIpc) is 2.37. The first-order valence-electron chi connectivity index (χ1n) is 6.09. The molecule has 0 saturated carbocycles. The lowest BCUT2D eigenvalue weighted by atomic mass is 10.00. The Balaban J connectivity index is 2.41. The molecule has 1 unspecified atom stereocenters. The fourth-order valence-corrected chi connectivity index (χ4v) is 2.32. The van der Waals surface area contributed by atoms with Gasteiger partial charge in [-0.25, -0.2) is 0 Å². The van der Waals surface area contributed by atoms with Gasteiger partial charge in [-0.3, -0.25) is 4.90 Å². The van der Waals surface area contributed by atoms with Crippen molar-refractivity contribution in [2.45, 2.75) is 12.2 Å². The van der Waals surface area contributed by atoms with Crippen LogP contribution in [-0.4, -0.2) is 38.7 Å². The fourth-order valence-electron chi connectivity index (χ4n) is 2.32. The first-order chi connectivity index (χ1) is 8.93. The molecule has 2 rings (SSSR count).